The van der Waals surface area contributed by atoms with Gasteiger partial charge in [0.1, 0.15) is 6.61 Å². The van der Waals surface area contributed by atoms with Crippen LogP contribution in [-0.4, -0.2) is 163 Å². The van der Waals surface area contributed by atoms with E-state index in [9.17, 15) is 4.79 Å². The van der Waals surface area contributed by atoms with Crippen LogP contribution in [0.4, 0.5) is 0 Å². The molecule has 1 amide bonds. The molecule has 0 saturated carbocycles. The van der Waals surface area contributed by atoms with E-state index in [1.54, 1.807) is 0 Å². The van der Waals surface area contributed by atoms with Gasteiger partial charge in [0.05, 0.1) is 112 Å². The normalized spacial score (nSPS) is 11.3. The molecule has 0 aromatic carbocycles. The van der Waals surface area contributed by atoms with Crippen LogP contribution in [0, 0.1) is 0 Å². The molecule has 0 aliphatic rings. The average molecular weight is 587 g/mol. The minimum atomic E-state index is -0.513. The molecular weight excluding hydrogens is 532 g/mol. The first kappa shape index (κ1) is 39.0. The van der Waals surface area contributed by atoms with Gasteiger partial charge in [0.25, 0.3) is 0 Å². The quantitative estimate of drug-likeness (QED) is 0.0774. The smallest absolute Gasteiger partial charge is 0.245 e. The molecule has 0 bridgehead atoms. The number of rotatable bonds is 35. The van der Waals surface area contributed by atoms with Crippen LogP contribution in [0.25, 0.3) is 0 Å². The molecule has 0 rings (SSSR count). The fourth-order valence-corrected chi connectivity index (χ4v) is 2.73. The maximum atomic E-state index is 10.8. The maximum absolute atomic E-state index is 10.8. The number of hydrogen-bond acceptors (Lipinski definition) is 13. The van der Waals surface area contributed by atoms with Crippen LogP contribution in [0.1, 0.15) is 12.8 Å². The first-order valence-electron chi connectivity index (χ1n) is 14.2. The second-order valence-electron chi connectivity index (χ2n) is 8.13. The fourth-order valence-electron chi connectivity index (χ4n) is 2.73. The molecule has 0 radical (unpaired) electrons. The van der Waals surface area contributed by atoms with Crippen LogP contribution >= 0.6 is 0 Å². The Morgan fingerprint density at radius 2 is 0.725 bits per heavy atom. The molecule has 4 N–H and O–H groups in total. The topological polar surface area (TPSA) is 168 Å². The van der Waals surface area contributed by atoms with Gasteiger partial charge in [0.2, 0.25) is 5.91 Å². The monoisotopic (exact) mass is 586 g/mol. The van der Waals surface area contributed by atoms with Crippen molar-refractivity contribution in [3.05, 3.63) is 0 Å². The summed E-state index contributed by atoms with van der Waals surface area (Å²) in [5.74, 6) is -0.414. The van der Waals surface area contributed by atoms with Crippen molar-refractivity contribution >= 4 is 5.91 Å². The third-order valence-corrected chi connectivity index (χ3v) is 4.76. The molecule has 0 heterocycles. The van der Waals surface area contributed by atoms with Gasteiger partial charge < -0.3 is 63.5 Å². The molecule has 0 aromatic heterocycles. The summed E-state index contributed by atoms with van der Waals surface area (Å²) < 4.78 is 54.2. The molecule has 0 spiro atoms. The van der Waals surface area contributed by atoms with E-state index in [-0.39, 0.29) is 0 Å². The Morgan fingerprint density at radius 1 is 0.450 bits per heavy atom. The molecule has 14 nitrogen and oxygen atoms in total. The van der Waals surface area contributed by atoms with Gasteiger partial charge in [0.15, 0.2) is 0 Å². The van der Waals surface area contributed by atoms with E-state index in [4.69, 9.17) is 58.2 Å². The molecule has 0 fully saturated rings. The Bertz CT molecular complexity index is 495. The van der Waals surface area contributed by atoms with Gasteiger partial charge >= 0.3 is 0 Å². The lowest BCUT2D eigenvalue weighted by Crippen LogP contribution is -2.29. The van der Waals surface area contributed by atoms with Crippen LogP contribution in [0.2, 0.25) is 0 Å². The Morgan fingerprint density at radius 3 is 1.02 bits per heavy atom. The summed E-state index contributed by atoms with van der Waals surface area (Å²) in [7, 11) is 0. The van der Waals surface area contributed by atoms with Crippen molar-refractivity contribution in [2.24, 2.45) is 5.73 Å². The number of nitrogens with one attached hydrogen (secondary N) is 1. The van der Waals surface area contributed by atoms with E-state index in [1.807, 2.05) is 0 Å². The summed E-state index contributed by atoms with van der Waals surface area (Å²) in [4.78, 5) is 10.8. The van der Waals surface area contributed by atoms with Gasteiger partial charge in [-0.05, 0) is 19.4 Å². The van der Waals surface area contributed by atoms with E-state index in [0.29, 0.717) is 145 Å². The highest BCUT2D eigenvalue weighted by molar-refractivity contribution is 5.76. The summed E-state index contributed by atoms with van der Waals surface area (Å²) in [5, 5.41) is 11.0. The van der Waals surface area contributed by atoms with Crippen LogP contribution in [0.5, 0.6) is 0 Å². The molecule has 240 valence electrons. The lowest BCUT2D eigenvalue weighted by molar-refractivity contribution is -0.124. The molecule has 0 aromatic rings. The summed E-state index contributed by atoms with van der Waals surface area (Å²) in [6.07, 6.45) is 1.68. The zero-order chi connectivity index (χ0) is 29.0. The highest BCUT2D eigenvalue weighted by atomic mass is 16.6. The summed E-state index contributed by atoms with van der Waals surface area (Å²) in [6, 6.07) is 0. The van der Waals surface area contributed by atoms with Crippen molar-refractivity contribution in [2.75, 3.05) is 152 Å². The highest BCUT2D eigenvalue weighted by Gasteiger charge is 1.97. The molecule has 0 unspecified atom stereocenters. The molecule has 0 atom stereocenters. The zero-order valence-electron chi connectivity index (χ0n) is 24.2. The van der Waals surface area contributed by atoms with Gasteiger partial charge in [0, 0.05) is 26.4 Å². The first-order chi connectivity index (χ1) is 19.8. The van der Waals surface area contributed by atoms with E-state index in [1.165, 1.54) is 0 Å². The Kier molecular flexibility index (Phi) is 35.1. The third-order valence-electron chi connectivity index (χ3n) is 4.76. The number of carbonyl (C=O) groups is 1. The molecule has 14 heteroatoms. The van der Waals surface area contributed by atoms with E-state index >= 15 is 0 Å². The van der Waals surface area contributed by atoms with E-state index in [0.717, 1.165) is 12.8 Å². The molecule has 0 aliphatic carbocycles. The Labute approximate surface area is 239 Å². The Hall–Kier alpha value is -1.01. The molecule has 0 saturated heterocycles. The number of aliphatic hydroxyl groups is 1. The van der Waals surface area contributed by atoms with Crippen LogP contribution in [0.3, 0.4) is 0 Å². The number of nitrogens with two attached hydrogens (primary N) is 1. The predicted molar refractivity (Wildman–Crippen MR) is 147 cm³/mol. The SMILES string of the molecule is NCCCOCCOCCOCCOCCOCCOCCCOCCOCCOCCOCCNC(=O)CO. The lowest BCUT2D eigenvalue weighted by atomic mass is 10.5. The minimum Gasteiger partial charge on any atom is -0.387 e. The number of aliphatic hydroxyl groups excluding tert-OH is 1. The second-order valence-corrected chi connectivity index (χ2v) is 8.13. The number of amides is 1. The van der Waals surface area contributed by atoms with E-state index < -0.39 is 12.5 Å². The highest BCUT2D eigenvalue weighted by Crippen LogP contribution is 1.89. The number of ether oxygens (including phenoxy) is 10. The van der Waals surface area contributed by atoms with Gasteiger partial charge in [-0.15, -0.1) is 0 Å². The molecule has 40 heavy (non-hydrogen) atoms. The van der Waals surface area contributed by atoms with Crippen molar-refractivity contribution in [1.29, 1.82) is 0 Å². The van der Waals surface area contributed by atoms with Gasteiger partial charge in [-0.2, -0.15) is 0 Å². The zero-order valence-corrected chi connectivity index (χ0v) is 24.2. The van der Waals surface area contributed by atoms with E-state index in [2.05, 4.69) is 5.32 Å². The predicted octanol–water partition coefficient (Wildman–Crippen LogP) is -1.00. The third kappa shape index (κ3) is 35.0. The lowest BCUT2D eigenvalue weighted by Gasteiger charge is -2.09. The maximum Gasteiger partial charge on any atom is 0.245 e. The number of carbonyl (C=O) groups excluding carboxylic acids is 1. The van der Waals surface area contributed by atoms with Crippen molar-refractivity contribution in [3.8, 4) is 0 Å². The van der Waals surface area contributed by atoms with Crippen molar-refractivity contribution < 1.29 is 57.3 Å². The van der Waals surface area contributed by atoms with Crippen LogP contribution in [-0.2, 0) is 52.2 Å². The van der Waals surface area contributed by atoms with Crippen LogP contribution < -0.4 is 11.1 Å². The van der Waals surface area contributed by atoms with Crippen LogP contribution in [0.15, 0.2) is 0 Å². The summed E-state index contributed by atoms with van der Waals surface area (Å²) >= 11 is 0. The molecule has 0 aliphatic heterocycles. The Balaban J connectivity index is 3.04. The first-order valence-corrected chi connectivity index (χ1v) is 14.2. The largest absolute Gasteiger partial charge is 0.387 e. The van der Waals surface area contributed by atoms with Gasteiger partial charge in [-0.25, -0.2) is 0 Å². The summed E-state index contributed by atoms with van der Waals surface area (Å²) in [6.45, 7) is 11.0. The van der Waals surface area contributed by atoms with Gasteiger partial charge in [-0.1, -0.05) is 0 Å². The van der Waals surface area contributed by atoms with Gasteiger partial charge in [-0.3, -0.25) is 4.79 Å². The second kappa shape index (κ2) is 36.0. The summed E-state index contributed by atoms with van der Waals surface area (Å²) in [5.41, 5.74) is 5.38. The van der Waals surface area contributed by atoms with Crippen molar-refractivity contribution in [3.63, 3.8) is 0 Å². The fraction of sp³-hybridized carbons (Fsp3) is 0.962. The number of hydrogen-bond donors (Lipinski definition) is 3. The molecular formula is C26H54N2O12. The van der Waals surface area contributed by atoms with Crippen molar-refractivity contribution in [1.82, 2.24) is 5.32 Å². The average Bonchev–Trinajstić information content (AvgIpc) is 2.97. The standard InChI is InChI=1S/C26H54N2O12/c27-3-1-5-31-9-13-35-18-21-39-23-24-40-22-19-37-15-11-33-7-2-6-32-10-14-36-17-20-38-16-12-34-8-4-28-26(30)25-29/h29H,1-25,27H2,(H,28,30). The minimum absolute atomic E-state index is 0.364. The van der Waals surface area contributed by atoms with Crippen molar-refractivity contribution in [2.45, 2.75) is 12.8 Å².